The first kappa shape index (κ1) is 24.2. The van der Waals surface area contributed by atoms with Crippen molar-refractivity contribution in [3.05, 3.63) is 101 Å². The molecule has 2 N–H and O–H groups in total. The number of hydrogen-bond acceptors (Lipinski definition) is 6. The number of hydrogen-bond donors (Lipinski definition) is 2. The molecule has 2 heterocycles. The molecule has 1 atom stereocenters. The van der Waals surface area contributed by atoms with Crippen LogP contribution in [0.2, 0.25) is 0 Å². The molecule has 2 aromatic carbocycles. The van der Waals surface area contributed by atoms with Crippen molar-refractivity contribution < 1.29 is 13.2 Å². The molecule has 1 aliphatic carbocycles. The third-order valence-electron chi connectivity index (χ3n) is 7.04. The molecular weight excluding hydrogens is 490 g/mol. The highest BCUT2D eigenvalue weighted by Gasteiger charge is 2.41. The standard InChI is InChI=1S/C28H27N3O3S2/c1-27(2,36(4,33)34)21-16-20-11-8-14-29-28(20,3)22(17-21)18-9-7-10-19(15-18)25(32)31-26-30-23-12-5-6-13-24(23)35-26/h5-17,29H,1-4H3,(H,30,31,32). The molecule has 1 unspecified atom stereocenters. The van der Waals surface area contributed by atoms with Gasteiger partial charge in [0.25, 0.3) is 5.91 Å². The number of para-hydroxylation sites is 1. The van der Waals surface area contributed by atoms with Gasteiger partial charge in [0.15, 0.2) is 15.0 Å². The molecule has 3 aromatic rings. The number of aromatic nitrogens is 1. The van der Waals surface area contributed by atoms with E-state index in [0.717, 1.165) is 26.9 Å². The molecule has 0 spiro atoms. The molecule has 1 aromatic heterocycles. The van der Waals surface area contributed by atoms with E-state index in [0.29, 0.717) is 16.3 Å². The third kappa shape index (κ3) is 4.10. The molecule has 1 aliphatic heterocycles. The molecular formula is C28H27N3O3S2. The summed E-state index contributed by atoms with van der Waals surface area (Å²) < 4.78 is 25.2. The minimum Gasteiger partial charge on any atom is -0.378 e. The van der Waals surface area contributed by atoms with Crippen molar-refractivity contribution in [2.75, 3.05) is 11.6 Å². The molecule has 6 nitrogen and oxygen atoms in total. The highest BCUT2D eigenvalue weighted by Crippen LogP contribution is 2.43. The second-order valence-electron chi connectivity index (χ2n) is 9.71. The number of nitrogens with zero attached hydrogens (tertiary/aromatic N) is 1. The lowest BCUT2D eigenvalue weighted by Crippen LogP contribution is -2.46. The number of benzene rings is 2. The van der Waals surface area contributed by atoms with E-state index in [4.69, 9.17) is 0 Å². The van der Waals surface area contributed by atoms with Crippen LogP contribution >= 0.6 is 11.3 Å². The maximum absolute atomic E-state index is 13.2. The van der Waals surface area contributed by atoms with Gasteiger partial charge in [0.05, 0.1) is 20.5 Å². The number of dihydropyridines is 1. The van der Waals surface area contributed by atoms with Crippen LogP contribution in [0.5, 0.6) is 0 Å². The van der Waals surface area contributed by atoms with E-state index in [1.54, 1.807) is 19.9 Å². The summed E-state index contributed by atoms with van der Waals surface area (Å²) in [6, 6.07) is 15.1. The van der Waals surface area contributed by atoms with Gasteiger partial charge in [-0.1, -0.05) is 53.8 Å². The Morgan fingerprint density at radius 2 is 1.89 bits per heavy atom. The Morgan fingerprint density at radius 1 is 1.11 bits per heavy atom. The molecule has 8 heteroatoms. The molecule has 36 heavy (non-hydrogen) atoms. The van der Waals surface area contributed by atoms with Gasteiger partial charge in [-0.15, -0.1) is 0 Å². The summed E-state index contributed by atoms with van der Waals surface area (Å²) in [6.45, 7) is 5.50. The zero-order valence-corrected chi connectivity index (χ0v) is 22.1. The molecule has 0 bridgehead atoms. The molecule has 2 aliphatic rings. The second-order valence-corrected chi connectivity index (χ2v) is 13.3. The predicted molar refractivity (Wildman–Crippen MR) is 148 cm³/mol. The summed E-state index contributed by atoms with van der Waals surface area (Å²) in [5.74, 6) is -0.253. The van der Waals surface area contributed by atoms with Crippen molar-refractivity contribution in [2.24, 2.45) is 0 Å². The van der Waals surface area contributed by atoms with Gasteiger partial charge in [-0.25, -0.2) is 13.4 Å². The van der Waals surface area contributed by atoms with Crippen LogP contribution in [0.4, 0.5) is 5.13 Å². The Kier molecular flexibility index (Phi) is 5.76. The van der Waals surface area contributed by atoms with Gasteiger partial charge in [0, 0.05) is 11.8 Å². The van der Waals surface area contributed by atoms with Gasteiger partial charge in [-0.2, -0.15) is 0 Å². The number of carbonyl (C=O) groups is 1. The SMILES string of the molecule is CC12NC=CC=C1C=C(C(C)(C)S(C)(=O)=O)C=C2c1cccc(C(=O)Nc2nc3ccccc3s2)c1. The second kappa shape index (κ2) is 8.57. The maximum Gasteiger partial charge on any atom is 0.257 e. The third-order valence-corrected chi connectivity index (χ3v) is 10.1. The van der Waals surface area contributed by atoms with Gasteiger partial charge in [0.1, 0.15) is 0 Å². The van der Waals surface area contributed by atoms with Crippen LogP contribution in [0, 0.1) is 0 Å². The Hall–Kier alpha value is -3.49. The number of anilines is 1. The lowest BCUT2D eigenvalue weighted by atomic mass is 9.73. The summed E-state index contributed by atoms with van der Waals surface area (Å²) in [7, 11) is -3.38. The normalized spacial score (nSPS) is 19.6. The van der Waals surface area contributed by atoms with Crippen molar-refractivity contribution in [2.45, 2.75) is 31.1 Å². The lowest BCUT2D eigenvalue weighted by molar-refractivity contribution is 0.102. The monoisotopic (exact) mass is 517 g/mol. The number of thiazole rings is 1. The number of allylic oxidation sites excluding steroid dienone is 3. The molecule has 1 amide bonds. The van der Waals surface area contributed by atoms with Gasteiger partial charge < -0.3 is 5.32 Å². The van der Waals surface area contributed by atoms with Crippen molar-refractivity contribution in [1.82, 2.24) is 10.3 Å². The average Bonchev–Trinajstić information content (AvgIpc) is 3.24. The number of sulfone groups is 1. The summed E-state index contributed by atoms with van der Waals surface area (Å²) in [4.78, 5) is 17.7. The number of rotatable bonds is 5. The summed E-state index contributed by atoms with van der Waals surface area (Å²) in [6.07, 6.45) is 10.9. The van der Waals surface area contributed by atoms with E-state index in [1.165, 1.54) is 17.6 Å². The van der Waals surface area contributed by atoms with Crippen LogP contribution in [-0.4, -0.2) is 35.9 Å². The van der Waals surface area contributed by atoms with Crippen LogP contribution in [-0.2, 0) is 9.84 Å². The predicted octanol–water partition coefficient (Wildman–Crippen LogP) is 5.50. The molecule has 5 rings (SSSR count). The Bertz CT molecular complexity index is 1590. The van der Waals surface area contributed by atoms with E-state index in [2.05, 4.69) is 22.5 Å². The minimum absolute atomic E-state index is 0.253. The fourth-order valence-electron chi connectivity index (χ4n) is 4.41. The van der Waals surface area contributed by atoms with Crippen LogP contribution < -0.4 is 10.6 Å². The van der Waals surface area contributed by atoms with E-state index in [-0.39, 0.29) is 5.91 Å². The summed E-state index contributed by atoms with van der Waals surface area (Å²) >= 11 is 1.43. The molecule has 0 fully saturated rings. The smallest absolute Gasteiger partial charge is 0.257 e. The Morgan fingerprint density at radius 3 is 2.64 bits per heavy atom. The van der Waals surface area contributed by atoms with Crippen LogP contribution in [0.3, 0.4) is 0 Å². The average molecular weight is 518 g/mol. The zero-order valence-electron chi connectivity index (χ0n) is 20.5. The Balaban J connectivity index is 1.54. The topological polar surface area (TPSA) is 88.2 Å². The fraction of sp³-hybridized carbons (Fsp3) is 0.214. The fourth-order valence-corrected chi connectivity index (χ4v) is 5.81. The van der Waals surface area contributed by atoms with Crippen molar-refractivity contribution in [1.29, 1.82) is 0 Å². The van der Waals surface area contributed by atoms with Crippen molar-refractivity contribution >= 4 is 48.0 Å². The first-order valence-electron chi connectivity index (χ1n) is 11.6. The quantitative estimate of drug-likeness (QED) is 0.467. The number of amides is 1. The van der Waals surface area contributed by atoms with Gasteiger partial charge in [-0.05, 0) is 79.6 Å². The lowest BCUT2D eigenvalue weighted by Gasteiger charge is -2.41. The Labute approximate surface area is 215 Å². The van der Waals surface area contributed by atoms with Crippen molar-refractivity contribution in [3.63, 3.8) is 0 Å². The molecule has 184 valence electrons. The summed E-state index contributed by atoms with van der Waals surface area (Å²) in [5, 5.41) is 6.90. The highest BCUT2D eigenvalue weighted by molar-refractivity contribution is 7.92. The van der Waals surface area contributed by atoms with Crippen LogP contribution in [0.15, 0.2) is 90.2 Å². The molecule has 0 saturated carbocycles. The van der Waals surface area contributed by atoms with Gasteiger partial charge in [0.2, 0.25) is 0 Å². The molecule has 0 saturated heterocycles. The van der Waals surface area contributed by atoms with E-state index >= 15 is 0 Å². The van der Waals surface area contributed by atoms with Crippen LogP contribution in [0.1, 0.15) is 36.7 Å². The maximum atomic E-state index is 13.2. The van der Waals surface area contributed by atoms with Crippen molar-refractivity contribution in [3.8, 4) is 0 Å². The van der Waals surface area contributed by atoms with E-state index in [9.17, 15) is 13.2 Å². The van der Waals surface area contributed by atoms with E-state index < -0.39 is 20.1 Å². The highest BCUT2D eigenvalue weighted by atomic mass is 32.2. The minimum atomic E-state index is -3.38. The molecule has 0 radical (unpaired) electrons. The zero-order chi connectivity index (χ0) is 25.7. The van der Waals surface area contributed by atoms with Gasteiger partial charge in [-0.3, -0.25) is 10.1 Å². The number of nitrogens with one attached hydrogen (secondary N) is 2. The number of fused-ring (bicyclic) bond motifs is 2. The van der Waals surface area contributed by atoms with Crippen LogP contribution in [0.25, 0.3) is 15.8 Å². The summed E-state index contributed by atoms with van der Waals surface area (Å²) in [5.41, 5.74) is 4.14. The van der Waals surface area contributed by atoms with Gasteiger partial charge >= 0.3 is 0 Å². The van der Waals surface area contributed by atoms with E-state index in [1.807, 2.05) is 73.0 Å². The largest absolute Gasteiger partial charge is 0.378 e. The first-order valence-corrected chi connectivity index (χ1v) is 14.3. The number of carbonyl (C=O) groups excluding carboxylic acids is 1. The first-order chi connectivity index (χ1) is 17.0.